The number of ether oxygens (including phenoxy) is 1. The zero-order chi connectivity index (χ0) is 15.0. The first-order valence-electron chi connectivity index (χ1n) is 6.14. The third-order valence-electron chi connectivity index (χ3n) is 2.46. The highest BCUT2D eigenvalue weighted by molar-refractivity contribution is 5.16. The molecule has 0 aliphatic heterocycles. The minimum atomic E-state index is -4.39. The van der Waals surface area contributed by atoms with Gasteiger partial charge in [0.2, 0.25) is 0 Å². The molecule has 0 saturated heterocycles. The van der Waals surface area contributed by atoms with Gasteiger partial charge in [0.15, 0.2) is 6.61 Å². The van der Waals surface area contributed by atoms with E-state index in [4.69, 9.17) is 4.74 Å². The van der Waals surface area contributed by atoms with Gasteiger partial charge in [-0.2, -0.15) is 18.7 Å². The van der Waals surface area contributed by atoms with Gasteiger partial charge in [-0.05, 0) is 12.5 Å². The molecule has 20 heavy (non-hydrogen) atoms. The second-order valence-corrected chi connectivity index (χ2v) is 4.29. The van der Waals surface area contributed by atoms with Gasteiger partial charge in [-0.25, -0.2) is 0 Å². The summed E-state index contributed by atoms with van der Waals surface area (Å²) in [6.07, 6.45) is -5.55. The molecule has 0 fully saturated rings. The molecule has 2 N–H and O–H groups in total. The molecule has 0 aliphatic carbocycles. The first-order valence-corrected chi connectivity index (χ1v) is 6.14. The average molecular weight is 293 g/mol. The number of nitrogens with one attached hydrogen (secondary N) is 1. The van der Waals surface area contributed by atoms with E-state index in [-0.39, 0.29) is 19.3 Å². The fourth-order valence-corrected chi connectivity index (χ4v) is 1.42. The van der Waals surface area contributed by atoms with Crippen molar-refractivity contribution in [3.05, 3.63) is 35.9 Å². The Kier molecular flexibility index (Phi) is 6.94. The first-order chi connectivity index (χ1) is 9.38. The lowest BCUT2D eigenvalue weighted by Gasteiger charge is -2.17. The van der Waals surface area contributed by atoms with Crippen LogP contribution < -0.4 is 5.48 Å². The number of hydroxylamine groups is 1. The zero-order valence-corrected chi connectivity index (χ0v) is 11.1. The molecule has 1 aromatic carbocycles. The van der Waals surface area contributed by atoms with E-state index >= 15 is 0 Å². The summed E-state index contributed by atoms with van der Waals surface area (Å²) < 4.78 is 40.7. The number of hydrogen-bond donors (Lipinski definition) is 2. The average Bonchev–Trinajstić information content (AvgIpc) is 2.41. The summed E-state index contributed by atoms with van der Waals surface area (Å²) in [5.74, 6) is 0. The van der Waals surface area contributed by atoms with Crippen LogP contribution in [0.5, 0.6) is 0 Å². The molecule has 0 radical (unpaired) electrons. The molecule has 0 spiro atoms. The molecule has 2 atom stereocenters. The van der Waals surface area contributed by atoms with Crippen molar-refractivity contribution in [3.63, 3.8) is 0 Å². The maximum Gasteiger partial charge on any atom is 0.413 e. The third-order valence-corrected chi connectivity index (χ3v) is 2.46. The van der Waals surface area contributed by atoms with Crippen molar-refractivity contribution in [3.8, 4) is 0 Å². The molecule has 114 valence electrons. The van der Waals surface area contributed by atoms with Gasteiger partial charge in [-0.1, -0.05) is 30.3 Å². The van der Waals surface area contributed by atoms with Crippen molar-refractivity contribution in [2.75, 3.05) is 19.8 Å². The van der Waals surface area contributed by atoms with Gasteiger partial charge in [-0.3, -0.25) is 4.84 Å². The van der Waals surface area contributed by atoms with Crippen LogP contribution in [0.25, 0.3) is 0 Å². The van der Waals surface area contributed by atoms with E-state index < -0.39 is 18.9 Å². The Bertz CT molecular complexity index is 373. The highest BCUT2D eigenvalue weighted by Gasteiger charge is 2.27. The molecular weight excluding hydrogens is 275 g/mol. The number of benzene rings is 1. The highest BCUT2D eigenvalue weighted by Crippen LogP contribution is 2.16. The van der Waals surface area contributed by atoms with E-state index in [2.05, 4.69) is 10.3 Å². The summed E-state index contributed by atoms with van der Waals surface area (Å²) in [6.45, 7) is 0.284. The number of aliphatic hydroxyl groups excluding tert-OH is 1. The summed E-state index contributed by atoms with van der Waals surface area (Å²) in [6, 6.07) is 9.41. The van der Waals surface area contributed by atoms with Crippen LogP contribution in [0.15, 0.2) is 30.3 Å². The van der Waals surface area contributed by atoms with Crippen LogP contribution in [-0.2, 0) is 9.57 Å². The third kappa shape index (κ3) is 7.44. The molecule has 7 heteroatoms. The Morgan fingerprint density at radius 1 is 1.25 bits per heavy atom. The molecular formula is C13H18F3NO3. The fourth-order valence-electron chi connectivity index (χ4n) is 1.42. The summed E-state index contributed by atoms with van der Waals surface area (Å²) in [7, 11) is 0. The van der Waals surface area contributed by atoms with Crippen LogP contribution in [0, 0.1) is 0 Å². The van der Waals surface area contributed by atoms with E-state index in [1.807, 2.05) is 37.3 Å². The SMILES string of the molecule is CC(OCC(O)CNOCC(F)(F)F)c1ccccc1. The second kappa shape index (κ2) is 8.21. The quantitative estimate of drug-likeness (QED) is 0.570. The van der Waals surface area contributed by atoms with Crippen LogP contribution in [-0.4, -0.2) is 37.1 Å². The highest BCUT2D eigenvalue weighted by atomic mass is 19.4. The van der Waals surface area contributed by atoms with Gasteiger partial charge in [0.05, 0.1) is 18.8 Å². The molecule has 0 aromatic heterocycles. The smallest absolute Gasteiger partial charge is 0.389 e. The zero-order valence-electron chi connectivity index (χ0n) is 11.1. The molecule has 0 bridgehead atoms. The van der Waals surface area contributed by atoms with Gasteiger partial charge >= 0.3 is 6.18 Å². The number of halogens is 3. The first kappa shape index (κ1) is 16.9. The second-order valence-electron chi connectivity index (χ2n) is 4.29. The van der Waals surface area contributed by atoms with E-state index in [1.165, 1.54) is 0 Å². The van der Waals surface area contributed by atoms with E-state index in [0.717, 1.165) is 5.56 Å². The van der Waals surface area contributed by atoms with Gasteiger partial charge in [0, 0.05) is 6.54 Å². The van der Waals surface area contributed by atoms with Crippen molar-refractivity contribution in [1.29, 1.82) is 0 Å². The number of rotatable bonds is 8. The van der Waals surface area contributed by atoms with Crippen LogP contribution >= 0.6 is 0 Å². The maximum absolute atomic E-state index is 11.8. The lowest BCUT2D eigenvalue weighted by molar-refractivity contribution is -0.191. The standard InChI is InChI=1S/C13H18F3NO3/c1-10(11-5-3-2-4-6-11)19-8-12(18)7-17-20-9-13(14,15)16/h2-6,10,12,17-18H,7-9H2,1H3. The summed E-state index contributed by atoms with van der Waals surface area (Å²) in [5.41, 5.74) is 3.01. The van der Waals surface area contributed by atoms with E-state index in [1.54, 1.807) is 0 Å². The number of alkyl halides is 3. The summed E-state index contributed by atoms with van der Waals surface area (Å²) >= 11 is 0. The monoisotopic (exact) mass is 293 g/mol. The van der Waals surface area contributed by atoms with E-state index in [9.17, 15) is 18.3 Å². The molecule has 2 unspecified atom stereocenters. The topological polar surface area (TPSA) is 50.7 Å². The lowest BCUT2D eigenvalue weighted by Crippen LogP contribution is -2.33. The molecule has 0 heterocycles. The molecule has 0 amide bonds. The minimum Gasteiger partial charge on any atom is -0.389 e. The molecule has 0 saturated carbocycles. The van der Waals surface area contributed by atoms with Crippen molar-refractivity contribution < 1.29 is 27.9 Å². The van der Waals surface area contributed by atoms with Crippen molar-refractivity contribution in [2.45, 2.75) is 25.3 Å². The predicted octanol–water partition coefficient (Wildman–Crippen LogP) is 2.21. The van der Waals surface area contributed by atoms with Gasteiger partial charge < -0.3 is 9.84 Å². The number of hydrogen-bond acceptors (Lipinski definition) is 4. The normalized spacial score (nSPS) is 15.1. The Labute approximate surface area is 115 Å². The Balaban J connectivity index is 2.15. The van der Waals surface area contributed by atoms with Crippen LogP contribution in [0.4, 0.5) is 13.2 Å². The fraction of sp³-hybridized carbons (Fsp3) is 0.538. The Morgan fingerprint density at radius 3 is 2.50 bits per heavy atom. The molecule has 4 nitrogen and oxygen atoms in total. The van der Waals surface area contributed by atoms with Crippen molar-refractivity contribution in [1.82, 2.24) is 5.48 Å². The van der Waals surface area contributed by atoms with Gasteiger partial charge in [0.25, 0.3) is 0 Å². The van der Waals surface area contributed by atoms with Crippen molar-refractivity contribution >= 4 is 0 Å². The van der Waals surface area contributed by atoms with Crippen molar-refractivity contribution in [2.24, 2.45) is 0 Å². The van der Waals surface area contributed by atoms with Gasteiger partial charge in [-0.15, -0.1) is 0 Å². The van der Waals surface area contributed by atoms with Crippen LogP contribution in [0.2, 0.25) is 0 Å². The summed E-state index contributed by atoms with van der Waals surface area (Å²) in [5, 5.41) is 9.53. The molecule has 0 aliphatic rings. The number of aliphatic hydroxyl groups is 1. The summed E-state index contributed by atoms with van der Waals surface area (Å²) in [4.78, 5) is 4.17. The van der Waals surface area contributed by atoms with Gasteiger partial charge in [0.1, 0.15) is 0 Å². The Morgan fingerprint density at radius 2 is 1.90 bits per heavy atom. The molecule has 1 rings (SSSR count). The molecule has 1 aromatic rings. The minimum absolute atomic E-state index is 0.00155. The Hall–Kier alpha value is -1.15. The van der Waals surface area contributed by atoms with E-state index in [0.29, 0.717) is 0 Å². The van der Waals surface area contributed by atoms with Crippen LogP contribution in [0.3, 0.4) is 0 Å². The largest absolute Gasteiger partial charge is 0.413 e. The predicted molar refractivity (Wildman–Crippen MR) is 66.8 cm³/mol. The lowest BCUT2D eigenvalue weighted by atomic mass is 10.1. The maximum atomic E-state index is 11.8. The van der Waals surface area contributed by atoms with Crippen LogP contribution in [0.1, 0.15) is 18.6 Å².